The van der Waals surface area contributed by atoms with Gasteiger partial charge in [-0.05, 0) is 50.3 Å². The highest BCUT2D eigenvalue weighted by Crippen LogP contribution is 2.41. The molecule has 2 aromatic carbocycles. The Morgan fingerprint density at radius 2 is 1.92 bits per heavy atom. The maximum atomic E-state index is 13.8. The number of fused-ring (bicyclic) bond motifs is 1. The van der Waals surface area contributed by atoms with Crippen molar-refractivity contribution in [1.82, 2.24) is 5.32 Å². The largest absolute Gasteiger partial charge is 0.497 e. The highest BCUT2D eigenvalue weighted by molar-refractivity contribution is 7.80. The van der Waals surface area contributed by atoms with Crippen LogP contribution in [-0.4, -0.2) is 17.8 Å². The maximum absolute atomic E-state index is 13.8. The summed E-state index contributed by atoms with van der Waals surface area (Å²) in [5, 5.41) is 5.89. The fourth-order valence-corrected chi connectivity index (χ4v) is 3.26. The number of ether oxygens (including phenoxy) is 2. The Bertz CT molecular complexity index is 822. The first kappa shape index (κ1) is 18.4. The molecule has 0 aliphatic carbocycles. The van der Waals surface area contributed by atoms with Gasteiger partial charge < -0.3 is 20.1 Å². The molecule has 7 heteroatoms. The number of thiocarbonyl (C=S) groups is 1. The topological polar surface area (TPSA) is 42.5 Å². The second kappa shape index (κ2) is 7.07. The lowest BCUT2D eigenvalue weighted by atomic mass is 9.89. The Morgan fingerprint density at radius 1 is 1.23 bits per heavy atom. The lowest BCUT2D eigenvalue weighted by Crippen LogP contribution is -2.42. The van der Waals surface area contributed by atoms with Crippen LogP contribution in [0.4, 0.5) is 14.5 Å². The van der Waals surface area contributed by atoms with E-state index in [0.717, 1.165) is 5.56 Å². The summed E-state index contributed by atoms with van der Waals surface area (Å²) in [4.78, 5) is 0. The van der Waals surface area contributed by atoms with Gasteiger partial charge in [-0.1, -0.05) is 6.07 Å². The van der Waals surface area contributed by atoms with Gasteiger partial charge in [0.2, 0.25) is 0 Å². The van der Waals surface area contributed by atoms with Crippen LogP contribution in [0.5, 0.6) is 11.5 Å². The molecule has 1 aliphatic heterocycles. The first-order valence-electron chi connectivity index (χ1n) is 8.17. The van der Waals surface area contributed by atoms with E-state index in [0.29, 0.717) is 17.9 Å². The molecule has 1 heterocycles. The summed E-state index contributed by atoms with van der Waals surface area (Å²) < 4.78 is 38.9. The van der Waals surface area contributed by atoms with E-state index in [4.69, 9.17) is 21.7 Å². The number of anilines is 1. The lowest BCUT2D eigenvalue weighted by molar-refractivity contribution is 0.0693. The van der Waals surface area contributed by atoms with Gasteiger partial charge in [0.15, 0.2) is 5.11 Å². The molecule has 0 spiro atoms. The molecule has 1 atom stereocenters. The molecular formula is C19H20F2N2O2S. The standard InChI is InChI=1S/C19H20F2N2O2S/c1-19(2)10-15(12-8-7-11(24-3)9-16(12)25-19)22-18(26)23-17-13(20)5-4-6-14(17)21/h4-9,15H,10H2,1-3H3,(H2,22,23,26). The summed E-state index contributed by atoms with van der Waals surface area (Å²) in [6.07, 6.45) is 0.633. The molecule has 0 amide bonds. The fraction of sp³-hybridized carbons (Fsp3) is 0.316. The second-order valence-corrected chi connectivity index (χ2v) is 7.13. The molecule has 1 unspecified atom stereocenters. The summed E-state index contributed by atoms with van der Waals surface area (Å²) in [5.74, 6) is -0.0227. The number of hydrogen-bond acceptors (Lipinski definition) is 3. The molecular weight excluding hydrogens is 358 g/mol. The minimum atomic E-state index is -0.702. The molecule has 138 valence electrons. The third-order valence-corrected chi connectivity index (χ3v) is 4.40. The van der Waals surface area contributed by atoms with Crippen molar-refractivity contribution in [2.75, 3.05) is 12.4 Å². The minimum absolute atomic E-state index is 0.137. The van der Waals surface area contributed by atoms with Gasteiger partial charge in [-0.2, -0.15) is 0 Å². The lowest BCUT2D eigenvalue weighted by Gasteiger charge is -2.38. The zero-order valence-electron chi connectivity index (χ0n) is 14.7. The molecule has 4 nitrogen and oxygen atoms in total. The van der Waals surface area contributed by atoms with Crippen LogP contribution in [0.2, 0.25) is 0 Å². The molecule has 2 aromatic rings. The van der Waals surface area contributed by atoms with Crippen molar-refractivity contribution in [1.29, 1.82) is 0 Å². The first-order chi connectivity index (χ1) is 12.3. The molecule has 0 saturated heterocycles. The molecule has 0 bridgehead atoms. The summed E-state index contributed by atoms with van der Waals surface area (Å²) in [6.45, 7) is 3.94. The summed E-state index contributed by atoms with van der Waals surface area (Å²) in [7, 11) is 1.59. The van der Waals surface area contributed by atoms with Crippen molar-refractivity contribution in [2.24, 2.45) is 0 Å². The molecule has 0 fully saturated rings. The van der Waals surface area contributed by atoms with Crippen molar-refractivity contribution in [2.45, 2.75) is 31.9 Å². The zero-order chi connectivity index (χ0) is 18.9. The van der Waals surface area contributed by atoms with Gasteiger partial charge >= 0.3 is 0 Å². The smallest absolute Gasteiger partial charge is 0.171 e. The van der Waals surface area contributed by atoms with Crippen LogP contribution < -0.4 is 20.1 Å². The van der Waals surface area contributed by atoms with Crippen molar-refractivity contribution in [3.8, 4) is 11.5 Å². The van der Waals surface area contributed by atoms with Crippen LogP contribution in [0.15, 0.2) is 36.4 Å². The average molecular weight is 378 g/mol. The van der Waals surface area contributed by atoms with Crippen molar-refractivity contribution < 1.29 is 18.3 Å². The molecule has 0 radical (unpaired) electrons. The highest BCUT2D eigenvalue weighted by atomic mass is 32.1. The SMILES string of the molecule is COc1ccc2c(c1)OC(C)(C)CC2NC(=S)Nc1c(F)cccc1F. The molecule has 3 rings (SSSR count). The summed E-state index contributed by atoms with van der Waals surface area (Å²) >= 11 is 5.27. The van der Waals surface area contributed by atoms with Crippen LogP contribution in [0.25, 0.3) is 0 Å². The third-order valence-electron chi connectivity index (χ3n) is 4.18. The predicted octanol–water partition coefficient (Wildman–Crippen LogP) is 4.56. The van der Waals surface area contributed by atoms with E-state index >= 15 is 0 Å². The van der Waals surface area contributed by atoms with E-state index in [2.05, 4.69) is 10.6 Å². The number of hydrogen-bond donors (Lipinski definition) is 2. The van der Waals surface area contributed by atoms with E-state index in [1.54, 1.807) is 7.11 Å². The van der Waals surface area contributed by atoms with E-state index in [1.807, 2.05) is 32.0 Å². The maximum Gasteiger partial charge on any atom is 0.171 e. The van der Waals surface area contributed by atoms with Gasteiger partial charge in [0.1, 0.15) is 34.4 Å². The van der Waals surface area contributed by atoms with E-state index in [-0.39, 0.29) is 16.8 Å². The molecule has 1 aliphatic rings. The van der Waals surface area contributed by atoms with Crippen molar-refractivity contribution in [3.05, 3.63) is 53.6 Å². The second-order valence-electron chi connectivity index (χ2n) is 6.72. The van der Waals surface area contributed by atoms with Gasteiger partial charge in [0, 0.05) is 18.1 Å². The number of para-hydroxylation sites is 1. The number of benzene rings is 2. The Kier molecular flexibility index (Phi) is 5.00. The van der Waals surface area contributed by atoms with E-state index in [1.165, 1.54) is 18.2 Å². The predicted molar refractivity (Wildman–Crippen MR) is 101 cm³/mol. The molecule has 2 N–H and O–H groups in total. The monoisotopic (exact) mass is 378 g/mol. The van der Waals surface area contributed by atoms with E-state index < -0.39 is 17.2 Å². The summed E-state index contributed by atoms with van der Waals surface area (Å²) in [6, 6.07) is 9.03. The van der Waals surface area contributed by atoms with Gasteiger partial charge in [-0.3, -0.25) is 0 Å². The Morgan fingerprint density at radius 3 is 2.58 bits per heavy atom. The van der Waals surface area contributed by atoms with Crippen LogP contribution in [0.3, 0.4) is 0 Å². The Hall–Kier alpha value is -2.41. The molecule has 0 aromatic heterocycles. The molecule has 0 saturated carbocycles. The van der Waals surface area contributed by atoms with Crippen LogP contribution in [0, 0.1) is 11.6 Å². The third kappa shape index (κ3) is 3.88. The van der Waals surface area contributed by atoms with Crippen molar-refractivity contribution in [3.63, 3.8) is 0 Å². The van der Waals surface area contributed by atoms with Crippen LogP contribution in [-0.2, 0) is 0 Å². The number of halogens is 2. The van der Waals surface area contributed by atoms with Gasteiger partial charge in [-0.15, -0.1) is 0 Å². The zero-order valence-corrected chi connectivity index (χ0v) is 15.5. The van der Waals surface area contributed by atoms with Crippen LogP contribution >= 0.6 is 12.2 Å². The minimum Gasteiger partial charge on any atom is -0.497 e. The quantitative estimate of drug-likeness (QED) is 0.767. The van der Waals surface area contributed by atoms with Gasteiger partial charge in [0.25, 0.3) is 0 Å². The normalized spacial score (nSPS) is 17.7. The first-order valence-corrected chi connectivity index (χ1v) is 8.58. The van der Waals surface area contributed by atoms with Gasteiger partial charge in [0.05, 0.1) is 13.2 Å². The highest BCUT2D eigenvalue weighted by Gasteiger charge is 2.34. The number of rotatable bonds is 3. The number of nitrogens with one attached hydrogen (secondary N) is 2. The number of methoxy groups -OCH3 is 1. The molecule has 26 heavy (non-hydrogen) atoms. The van der Waals surface area contributed by atoms with Crippen molar-refractivity contribution >= 4 is 23.0 Å². The average Bonchev–Trinajstić information content (AvgIpc) is 2.56. The van der Waals surface area contributed by atoms with Gasteiger partial charge in [-0.25, -0.2) is 8.78 Å². The Labute approximate surface area is 156 Å². The van der Waals surface area contributed by atoms with Crippen LogP contribution in [0.1, 0.15) is 31.9 Å². The van der Waals surface area contributed by atoms with E-state index in [9.17, 15) is 8.78 Å². The Balaban J connectivity index is 1.82. The summed E-state index contributed by atoms with van der Waals surface area (Å²) in [5.41, 5.74) is 0.199. The fourth-order valence-electron chi connectivity index (χ4n) is 3.01.